The molecule has 0 aliphatic carbocycles. The van der Waals surface area contributed by atoms with Gasteiger partial charge in [0.25, 0.3) is 0 Å². The lowest BCUT2D eigenvalue weighted by Crippen LogP contribution is -1.76. The van der Waals surface area contributed by atoms with Gasteiger partial charge in [-0.25, -0.2) is 0 Å². The van der Waals surface area contributed by atoms with Crippen LogP contribution >= 0.6 is 0 Å². The molecule has 0 atom stereocenters. The SMILES string of the molecule is O=Nc1cc2ccccc2c(O)c1O. The molecule has 70 valence electrons. The third kappa shape index (κ3) is 1.08. The molecule has 4 nitrogen and oxygen atoms in total. The molecular formula is C10H7NO3. The molecule has 0 radical (unpaired) electrons. The highest BCUT2D eigenvalue weighted by Gasteiger charge is 2.11. The molecule has 0 unspecified atom stereocenters. The first-order valence-corrected chi connectivity index (χ1v) is 4.01. The van der Waals surface area contributed by atoms with Crippen molar-refractivity contribution in [2.24, 2.45) is 5.18 Å². The van der Waals surface area contributed by atoms with Crippen molar-refractivity contribution in [2.75, 3.05) is 0 Å². The highest BCUT2D eigenvalue weighted by Crippen LogP contribution is 2.41. The number of hydrogen-bond donors (Lipinski definition) is 2. The third-order valence-corrected chi connectivity index (χ3v) is 2.07. The first kappa shape index (κ1) is 8.50. The smallest absolute Gasteiger partial charge is 0.188 e. The van der Waals surface area contributed by atoms with E-state index in [0.717, 1.165) is 0 Å². The largest absolute Gasteiger partial charge is 0.504 e. The number of benzene rings is 2. The Kier molecular flexibility index (Phi) is 1.81. The normalized spacial score (nSPS) is 10.3. The molecule has 0 spiro atoms. The molecule has 0 saturated carbocycles. The zero-order chi connectivity index (χ0) is 10.1. The second-order valence-corrected chi connectivity index (χ2v) is 2.91. The van der Waals surface area contributed by atoms with Gasteiger partial charge in [0, 0.05) is 5.39 Å². The Morgan fingerprint density at radius 1 is 1.07 bits per heavy atom. The van der Waals surface area contributed by atoms with Crippen LogP contribution in [0, 0.1) is 4.91 Å². The topological polar surface area (TPSA) is 69.9 Å². The highest BCUT2D eigenvalue weighted by molar-refractivity contribution is 5.94. The van der Waals surface area contributed by atoms with E-state index in [2.05, 4.69) is 5.18 Å². The zero-order valence-corrected chi connectivity index (χ0v) is 7.14. The van der Waals surface area contributed by atoms with Crippen LogP contribution in [0.4, 0.5) is 5.69 Å². The Morgan fingerprint density at radius 2 is 1.79 bits per heavy atom. The van der Waals surface area contributed by atoms with Gasteiger partial charge in [-0.15, -0.1) is 4.91 Å². The van der Waals surface area contributed by atoms with Crippen LogP contribution < -0.4 is 0 Å². The first-order valence-electron chi connectivity index (χ1n) is 4.01. The number of aromatic hydroxyl groups is 2. The number of fused-ring (bicyclic) bond motifs is 1. The molecule has 2 N–H and O–H groups in total. The Labute approximate surface area is 79.4 Å². The maximum Gasteiger partial charge on any atom is 0.188 e. The maximum absolute atomic E-state index is 10.3. The van der Waals surface area contributed by atoms with Gasteiger partial charge in [-0.05, 0) is 16.6 Å². The van der Waals surface area contributed by atoms with Crippen molar-refractivity contribution in [3.8, 4) is 11.5 Å². The number of hydrogen-bond acceptors (Lipinski definition) is 4. The summed E-state index contributed by atoms with van der Waals surface area (Å²) in [6.07, 6.45) is 0. The van der Waals surface area contributed by atoms with Gasteiger partial charge in [-0.1, -0.05) is 24.3 Å². The van der Waals surface area contributed by atoms with Gasteiger partial charge in [0.2, 0.25) is 0 Å². The average molecular weight is 189 g/mol. The minimum Gasteiger partial charge on any atom is -0.504 e. The second-order valence-electron chi connectivity index (χ2n) is 2.91. The van der Waals surface area contributed by atoms with Crippen molar-refractivity contribution in [1.82, 2.24) is 0 Å². The predicted octanol–water partition coefficient (Wildman–Crippen LogP) is 2.65. The first-order chi connectivity index (χ1) is 6.74. The van der Waals surface area contributed by atoms with Crippen molar-refractivity contribution in [3.63, 3.8) is 0 Å². The third-order valence-electron chi connectivity index (χ3n) is 2.07. The Hall–Kier alpha value is -2.10. The molecule has 0 saturated heterocycles. The minimum atomic E-state index is -0.473. The molecule has 0 aromatic heterocycles. The van der Waals surface area contributed by atoms with Gasteiger partial charge in [0.15, 0.2) is 17.2 Å². The fraction of sp³-hybridized carbons (Fsp3) is 0. The van der Waals surface area contributed by atoms with E-state index >= 15 is 0 Å². The molecule has 0 fully saturated rings. The molecule has 0 bridgehead atoms. The van der Waals surface area contributed by atoms with E-state index in [4.69, 9.17) is 0 Å². The van der Waals surface area contributed by atoms with E-state index < -0.39 is 5.75 Å². The molecule has 0 amide bonds. The van der Waals surface area contributed by atoms with Crippen LogP contribution in [0.5, 0.6) is 11.5 Å². The molecule has 14 heavy (non-hydrogen) atoms. The molecule has 0 aliphatic heterocycles. The summed E-state index contributed by atoms with van der Waals surface area (Å²) in [5.74, 6) is -0.781. The van der Waals surface area contributed by atoms with Crippen molar-refractivity contribution in [1.29, 1.82) is 0 Å². The van der Waals surface area contributed by atoms with Crippen LogP contribution in [-0.2, 0) is 0 Å². The lowest BCUT2D eigenvalue weighted by Gasteiger charge is -2.04. The minimum absolute atomic E-state index is 0.152. The maximum atomic E-state index is 10.3. The van der Waals surface area contributed by atoms with Crippen molar-refractivity contribution < 1.29 is 10.2 Å². The Morgan fingerprint density at radius 3 is 2.50 bits per heavy atom. The molecule has 2 rings (SSSR count). The Bertz CT molecular complexity index is 508. The number of rotatable bonds is 1. The summed E-state index contributed by atoms with van der Waals surface area (Å²) >= 11 is 0. The summed E-state index contributed by atoms with van der Waals surface area (Å²) in [7, 11) is 0. The van der Waals surface area contributed by atoms with Gasteiger partial charge < -0.3 is 10.2 Å². The van der Waals surface area contributed by atoms with Gasteiger partial charge in [-0.2, -0.15) is 0 Å². The van der Waals surface area contributed by atoms with E-state index in [0.29, 0.717) is 10.8 Å². The fourth-order valence-corrected chi connectivity index (χ4v) is 1.37. The summed E-state index contributed by atoms with van der Waals surface area (Å²) in [6, 6.07) is 8.31. The quantitative estimate of drug-likeness (QED) is 0.535. The van der Waals surface area contributed by atoms with Gasteiger partial charge in [0.05, 0.1) is 0 Å². The summed E-state index contributed by atoms with van der Waals surface area (Å²) in [6.45, 7) is 0. The van der Waals surface area contributed by atoms with Crippen LogP contribution in [0.25, 0.3) is 10.8 Å². The van der Waals surface area contributed by atoms with Gasteiger partial charge in [0.1, 0.15) is 0 Å². The van der Waals surface area contributed by atoms with Crippen LogP contribution in [0.15, 0.2) is 35.5 Å². The van der Waals surface area contributed by atoms with Crippen LogP contribution in [-0.4, -0.2) is 10.2 Å². The zero-order valence-electron chi connectivity index (χ0n) is 7.14. The second kappa shape index (κ2) is 2.99. The van der Waals surface area contributed by atoms with E-state index in [1.54, 1.807) is 24.3 Å². The van der Waals surface area contributed by atoms with Gasteiger partial charge >= 0.3 is 0 Å². The predicted molar refractivity (Wildman–Crippen MR) is 52.7 cm³/mol. The van der Waals surface area contributed by atoms with Gasteiger partial charge in [-0.3, -0.25) is 0 Å². The monoisotopic (exact) mass is 189 g/mol. The van der Waals surface area contributed by atoms with Crippen LogP contribution in [0.1, 0.15) is 0 Å². The average Bonchev–Trinajstić information content (AvgIpc) is 2.23. The summed E-state index contributed by atoms with van der Waals surface area (Å²) < 4.78 is 0. The Balaban J connectivity index is 2.91. The number of phenols is 2. The fourth-order valence-electron chi connectivity index (χ4n) is 1.37. The van der Waals surface area contributed by atoms with Crippen molar-refractivity contribution in [2.45, 2.75) is 0 Å². The number of nitrogens with zero attached hydrogens (tertiary/aromatic N) is 1. The standard InChI is InChI=1S/C10H7NO3/c12-9-7-4-2-1-3-6(7)5-8(11-14)10(9)13/h1-5,12-13H. The molecule has 4 heteroatoms. The lowest BCUT2D eigenvalue weighted by molar-refractivity contribution is 0.409. The molecule has 0 heterocycles. The van der Waals surface area contributed by atoms with Crippen molar-refractivity contribution >= 4 is 16.5 Å². The number of nitroso groups, excluding NO2 is 1. The molecule has 2 aromatic rings. The van der Waals surface area contributed by atoms with E-state index in [9.17, 15) is 15.1 Å². The summed E-state index contributed by atoms with van der Waals surface area (Å²) in [4.78, 5) is 10.3. The summed E-state index contributed by atoms with van der Waals surface area (Å²) in [5.41, 5.74) is -0.152. The highest BCUT2D eigenvalue weighted by atomic mass is 16.3. The van der Waals surface area contributed by atoms with E-state index in [-0.39, 0.29) is 11.4 Å². The van der Waals surface area contributed by atoms with Crippen molar-refractivity contribution in [3.05, 3.63) is 35.2 Å². The lowest BCUT2D eigenvalue weighted by atomic mass is 10.1. The van der Waals surface area contributed by atoms with Crippen LogP contribution in [0.2, 0.25) is 0 Å². The number of phenolic OH excluding ortho intramolecular Hbond substituents is 2. The van der Waals surface area contributed by atoms with Crippen LogP contribution in [0.3, 0.4) is 0 Å². The van der Waals surface area contributed by atoms with E-state index in [1.165, 1.54) is 6.07 Å². The van der Waals surface area contributed by atoms with E-state index in [1.807, 2.05) is 0 Å². The molecular weight excluding hydrogens is 182 g/mol. The molecule has 0 aliphatic rings. The summed E-state index contributed by atoms with van der Waals surface area (Å²) in [5, 5.41) is 22.7. The molecule has 2 aromatic carbocycles.